The van der Waals surface area contributed by atoms with E-state index in [0.717, 1.165) is 24.3 Å². The molecule has 4 N–H and O–H groups in total. The van der Waals surface area contributed by atoms with Gasteiger partial charge in [-0.1, -0.05) is 21.6 Å². The Balaban J connectivity index is 1.93. The molecule has 0 heterocycles. The predicted molar refractivity (Wildman–Crippen MR) is 144 cm³/mol. The van der Waals surface area contributed by atoms with Gasteiger partial charge in [-0.3, -0.25) is 40.5 Å². The summed E-state index contributed by atoms with van der Waals surface area (Å²) in [6.45, 7) is 0. The van der Waals surface area contributed by atoms with E-state index in [2.05, 4.69) is 10.6 Å². The highest BCUT2D eigenvalue weighted by Gasteiger charge is 2.26. The second kappa shape index (κ2) is 14.4. The summed E-state index contributed by atoms with van der Waals surface area (Å²) in [6, 6.07) is 2.96. The van der Waals surface area contributed by atoms with Crippen LogP contribution >= 0.6 is 21.6 Å². The number of carboxylic acid groups (broad SMARTS) is 2. The summed E-state index contributed by atoms with van der Waals surface area (Å²) in [5.74, 6) is -2.21. The molecule has 0 amide bonds. The van der Waals surface area contributed by atoms with E-state index < -0.39 is 66.5 Å². The summed E-state index contributed by atoms with van der Waals surface area (Å²) in [5, 5.41) is 68.2. The molecular weight excluding hydrogens is 580 g/mol. The monoisotopic (exact) mass is 600 g/mol. The normalized spacial score (nSPS) is 12.1. The largest absolute Gasteiger partial charge is 0.480 e. The van der Waals surface area contributed by atoms with Gasteiger partial charge in [0.15, 0.2) is 0 Å². The van der Waals surface area contributed by atoms with Crippen molar-refractivity contribution in [2.45, 2.75) is 24.9 Å². The van der Waals surface area contributed by atoms with Crippen LogP contribution in [-0.2, 0) is 9.59 Å². The number of nitrogens with one attached hydrogen (secondary N) is 2. The van der Waals surface area contributed by atoms with Gasteiger partial charge in [0.25, 0.3) is 22.7 Å². The molecule has 0 aromatic heterocycles. The third-order valence-electron chi connectivity index (χ3n) is 5.10. The molecule has 214 valence electrons. The molecular formula is C20H20N6O12S2. The number of rotatable bonds is 17. The molecule has 0 fully saturated rings. The van der Waals surface area contributed by atoms with E-state index in [1.54, 1.807) is 0 Å². The molecule has 0 saturated heterocycles. The average Bonchev–Trinajstić information content (AvgIpc) is 2.88. The van der Waals surface area contributed by atoms with Gasteiger partial charge in [0.2, 0.25) is 0 Å². The molecule has 0 unspecified atom stereocenters. The van der Waals surface area contributed by atoms with Crippen LogP contribution in [0.5, 0.6) is 0 Å². The van der Waals surface area contributed by atoms with E-state index in [1.807, 2.05) is 0 Å². The molecule has 2 atom stereocenters. The first kappa shape index (κ1) is 31.5. The summed E-state index contributed by atoms with van der Waals surface area (Å²) >= 11 is 0. The van der Waals surface area contributed by atoms with Crippen LogP contribution in [0, 0.1) is 40.5 Å². The first-order valence-corrected chi connectivity index (χ1v) is 13.4. The molecule has 0 radical (unpaired) electrons. The molecule has 18 nitrogen and oxygen atoms in total. The predicted octanol–water partition coefficient (Wildman–Crippen LogP) is 3.91. The van der Waals surface area contributed by atoms with E-state index in [0.29, 0.717) is 12.1 Å². The SMILES string of the molecule is O=C(O)[C@H](CCSSCC[C@@H](Nc1ccc([N+](=O)[O-])cc1[N+](=O)[O-])C(=O)O)Nc1ccc([N+](=O)[O-])cc1[N+](=O)[O-]. The van der Waals surface area contributed by atoms with Crippen LogP contribution in [0.4, 0.5) is 34.1 Å². The Morgan fingerprint density at radius 1 is 0.675 bits per heavy atom. The molecule has 0 spiro atoms. The topological polar surface area (TPSA) is 271 Å². The number of carbonyl (C=O) groups is 2. The van der Waals surface area contributed by atoms with E-state index in [4.69, 9.17) is 0 Å². The Morgan fingerprint density at radius 3 is 1.30 bits per heavy atom. The van der Waals surface area contributed by atoms with Gasteiger partial charge in [-0.2, -0.15) is 0 Å². The number of hydrogen-bond donors (Lipinski definition) is 4. The van der Waals surface area contributed by atoms with Gasteiger partial charge in [-0.25, -0.2) is 9.59 Å². The van der Waals surface area contributed by atoms with E-state index in [9.17, 15) is 60.3 Å². The third-order valence-corrected chi connectivity index (χ3v) is 7.57. The number of nitrogens with zero attached hydrogens (tertiary/aromatic N) is 4. The second-order valence-electron chi connectivity index (χ2n) is 7.72. The van der Waals surface area contributed by atoms with E-state index >= 15 is 0 Å². The van der Waals surface area contributed by atoms with Crippen molar-refractivity contribution in [3.63, 3.8) is 0 Å². The van der Waals surface area contributed by atoms with Gasteiger partial charge >= 0.3 is 11.9 Å². The van der Waals surface area contributed by atoms with Crippen molar-refractivity contribution in [1.29, 1.82) is 0 Å². The lowest BCUT2D eigenvalue weighted by atomic mass is 10.2. The standard InChI is InChI=1S/C20H20N6O12S2/c27-19(28)15(21-13-3-1-11(23(31)32)9-17(13)25(35)36)5-7-39-40-8-6-16(20(29)30)22-14-4-2-12(24(33)34)10-18(14)26(37)38/h1-4,9-10,15-16,21-22H,5-8H2,(H,27,28)(H,29,30)/t15-,16+. The minimum atomic E-state index is -1.32. The van der Waals surface area contributed by atoms with Crippen molar-refractivity contribution in [2.24, 2.45) is 0 Å². The number of benzene rings is 2. The number of non-ortho nitro benzene ring substituents is 2. The highest BCUT2D eigenvalue weighted by molar-refractivity contribution is 8.76. The maximum atomic E-state index is 11.6. The first-order valence-electron chi connectivity index (χ1n) is 10.9. The fourth-order valence-corrected chi connectivity index (χ4v) is 5.34. The molecule has 2 rings (SSSR count). The van der Waals surface area contributed by atoms with Crippen molar-refractivity contribution in [1.82, 2.24) is 0 Å². The van der Waals surface area contributed by atoms with E-state index in [1.165, 1.54) is 21.6 Å². The zero-order valence-corrected chi connectivity index (χ0v) is 21.7. The van der Waals surface area contributed by atoms with Crippen molar-refractivity contribution >= 4 is 67.7 Å². The smallest absolute Gasteiger partial charge is 0.326 e. The Morgan fingerprint density at radius 2 is 1.02 bits per heavy atom. The van der Waals surface area contributed by atoms with Crippen LogP contribution in [0.15, 0.2) is 36.4 Å². The number of carboxylic acids is 2. The van der Waals surface area contributed by atoms with Gasteiger partial charge < -0.3 is 20.8 Å². The summed E-state index contributed by atoms with van der Waals surface area (Å²) in [6.07, 6.45) is -0.0342. The van der Waals surface area contributed by atoms with Gasteiger partial charge in [0, 0.05) is 23.6 Å². The maximum absolute atomic E-state index is 11.6. The molecule has 0 aliphatic rings. The number of aliphatic carboxylic acids is 2. The molecule has 0 aliphatic heterocycles. The molecule has 20 heteroatoms. The lowest BCUT2D eigenvalue weighted by Crippen LogP contribution is -2.30. The van der Waals surface area contributed by atoms with Gasteiger partial charge in [-0.05, 0) is 25.0 Å². The summed E-state index contributed by atoms with van der Waals surface area (Å²) in [7, 11) is 2.37. The Labute approximate surface area is 231 Å². The maximum Gasteiger partial charge on any atom is 0.326 e. The highest BCUT2D eigenvalue weighted by Crippen LogP contribution is 2.32. The number of nitro groups is 4. The zero-order valence-electron chi connectivity index (χ0n) is 20.0. The molecule has 40 heavy (non-hydrogen) atoms. The Kier molecular flexibility index (Phi) is 11.4. The number of anilines is 2. The van der Waals surface area contributed by atoms with Crippen LogP contribution in [0.25, 0.3) is 0 Å². The van der Waals surface area contributed by atoms with Crippen LogP contribution in [0.3, 0.4) is 0 Å². The fraction of sp³-hybridized carbons (Fsp3) is 0.300. The van der Waals surface area contributed by atoms with Crippen LogP contribution < -0.4 is 10.6 Å². The first-order chi connectivity index (χ1) is 18.8. The quantitative estimate of drug-likeness (QED) is 0.0866. The lowest BCUT2D eigenvalue weighted by Gasteiger charge is -2.16. The van der Waals surface area contributed by atoms with Crippen LogP contribution in [0.1, 0.15) is 12.8 Å². The fourth-order valence-electron chi connectivity index (χ4n) is 3.15. The Bertz CT molecular complexity index is 1230. The van der Waals surface area contributed by atoms with Crippen molar-refractivity contribution in [3.05, 3.63) is 76.9 Å². The molecule has 0 bridgehead atoms. The van der Waals surface area contributed by atoms with Crippen molar-refractivity contribution in [2.75, 3.05) is 22.1 Å². The summed E-state index contributed by atoms with van der Waals surface area (Å²) in [4.78, 5) is 64.2. The van der Waals surface area contributed by atoms with Gasteiger partial charge in [0.05, 0.1) is 31.8 Å². The highest BCUT2D eigenvalue weighted by atomic mass is 33.1. The van der Waals surface area contributed by atoms with Crippen molar-refractivity contribution in [3.8, 4) is 0 Å². The minimum absolute atomic E-state index is 0.0171. The summed E-state index contributed by atoms with van der Waals surface area (Å²) in [5.41, 5.74) is -2.82. The summed E-state index contributed by atoms with van der Waals surface area (Å²) < 4.78 is 0. The van der Waals surface area contributed by atoms with Gasteiger partial charge in [-0.15, -0.1) is 0 Å². The third kappa shape index (κ3) is 8.94. The molecule has 0 aliphatic carbocycles. The Hall–Kier alpha value is -4.72. The zero-order chi connectivity index (χ0) is 30.0. The van der Waals surface area contributed by atoms with E-state index in [-0.39, 0.29) is 35.7 Å². The molecule has 0 saturated carbocycles. The number of nitro benzene ring substituents is 4. The van der Waals surface area contributed by atoms with Crippen molar-refractivity contribution < 1.29 is 39.5 Å². The minimum Gasteiger partial charge on any atom is -0.480 e. The van der Waals surface area contributed by atoms with Crippen LogP contribution in [0.2, 0.25) is 0 Å². The lowest BCUT2D eigenvalue weighted by molar-refractivity contribution is -0.393. The second-order valence-corrected chi connectivity index (χ2v) is 10.4. The average molecular weight is 601 g/mol. The molecule has 2 aromatic carbocycles. The van der Waals surface area contributed by atoms with Crippen LogP contribution in [-0.4, -0.2) is 65.4 Å². The number of hydrogen-bond acceptors (Lipinski definition) is 14. The van der Waals surface area contributed by atoms with Gasteiger partial charge in [0.1, 0.15) is 23.5 Å². The molecule has 2 aromatic rings.